The molecule has 0 bridgehead atoms. The molecule has 1 aromatic rings. The first-order chi connectivity index (χ1) is 10.2. The van der Waals surface area contributed by atoms with E-state index in [2.05, 4.69) is 22.5 Å². The Morgan fingerprint density at radius 1 is 1.38 bits per heavy atom. The molecule has 0 unspecified atom stereocenters. The first-order valence-corrected chi connectivity index (χ1v) is 7.47. The van der Waals surface area contributed by atoms with E-state index in [4.69, 9.17) is 0 Å². The summed E-state index contributed by atoms with van der Waals surface area (Å²) in [4.78, 5) is 14.8. The Labute approximate surface area is 124 Å². The molecular formula is C15H22N4O2. The molecular weight excluding hydrogens is 268 g/mol. The van der Waals surface area contributed by atoms with Crippen LogP contribution in [0.5, 0.6) is 0 Å². The number of benzene rings is 1. The summed E-state index contributed by atoms with van der Waals surface area (Å²) in [6.45, 7) is 3.59. The standard InChI is InChI=1S/C15H22N4O2/c1-2-3-10-16-15(18-13-6-7-13)17-11-12-4-8-14(9-5-12)19(20)21/h4-5,8-9,13H,2-3,6-7,10-11H2,1H3,(H2,16,17,18). The molecule has 6 nitrogen and oxygen atoms in total. The van der Waals surface area contributed by atoms with Crippen molar-refractivity contribution in [2.45, 2.75) is 45.2 Å². The molecule has 0 atom stereocenters. The van der Waals surface area contributed by atoms with Gasteiger partial charge in [0.05, 0.1) is 11.5 Å². The molecule has 1 aromatic carbocycles. The highest BCUT2D eigenvalue weighted by molar-refractivity contribution is 5.80. The Morgan fingerprint density at radius 2 is 2.10 bits per heavy atom. The topological polar surface area (TPSA) is 79.6 Å². The first-order valence-electron chi connectivity index (χ1n) is 7.47. The number of guanidine groups is 1. The fraction of sp³-hybridized carbons (Fsp3) is 0.533. The summed E-state index contributed by atoms with van der Waals surface area (Å²) in [5, 5.41) is 17.3. The van der Waals surface area contributed by atoms with Crippen molar-refractivity contribution < 1.29 is 4.92 Å². The average molecular weight is 290 g/mol. The molecule has 0 aromatic heterocycles. The van der Waals surface area contributed by atoms with Crippen LogP contribution in [-0.4, -0.2) is 23.5 Å². The van der Waals surface area contributed by atoms with E-state index in [-0.39, 0.29) is 10.6 Å². The van der Waals surface area contributed by atoms with Crippen molar-refractivity contribution in [2.75, 3.05) is 6.54 Å². The minimum Gasteiger partial charge on any atom is -0.356 e. The zero-order chi connectivity index (χ0) is 15.1. The van der Waals surface area contributed by atoms with Crippen molar-refractivity contribution in [1.29, 1.82) is 0 Å². The van der Waals surface area contributed by atoms with Crippen LogP contribution >= 0.6 is 0 Å². The summed E-state index contributed by atoms with van der Waals surface area (Å²) in [5.74, 6) is 0.837. The molecule has 21 heavy (non-hydrogen) atoms. The number of hydrogen-bond donors (Lipinski definition) is 2. The van der Waals surface area contributed by atoms with Gasteiger partial charge in [-0.1, -0.05) is 25.5 Å². The number of hydrogen-bond acceptors (Lipinski definition) is 3. The van der Waals surface area contributed by atoms with Gasteiger partial charge in [0.15, 0.2) is 5.96 Å². The van der Waals surface area contributed by atoms with Gasteiger partial charge < -0.3 is 10.6 Å². The van der Waals surface area contributed by atoms with E-state index in [1.165, 1.54) is 25.0 Å². The first kappa shape index (κ1) is 15.3. The molecule has 1 fully saturated rings. The third-order valence-corrected chi connectivity index (χ3v) is 3.31. The van der Waals surface area contributed by atoms with Gasteiger partial charge in [-0.3, -0.25) is 10.1 Å². The number of unbranched alkanes of at least 4 members (excludes halogenated alkanes) is 1. The van der Waals surface area contributed by atoms with Crippen LogP contribution in [0.15, 0.2) is 29.3 Å². The molecule has 6 heteroatoms. The fourth-order valence-corrected chi connectivity index (χ4v) is 1.85. The lowest BCUT2D eigenvalue weighted by molar-refractivity contribution is -0.384. The SMILES string of the molecule is CCCCNC(=NCc1ccc([N+](=O)[O-])cc1)NC1CC1. The van der Waals surface area contributed by atoms with Crippen LogP contribution in [0.25, 0.3) is 0 Å². The van der Waals surface area contributed by atoms with Crippen LogP contribution in [0.3, 0.4) is 0 Å². The number of aliphatic imine (C=N–C) groups is 1. The number of nitro groups is 1. The Kier molecular flexibility index (Phi) is 5.54. The molecule has 2 N–H and O–H groups in total. The second-order valence-electron chi connectivity index (χ2n) is 5.29. The highest BCUT2D eigenvalue weighted by Gasteiger charge is 2.22. The zero-order valence-electron chi connectivity index (χ0n) is 12.3. The fourth-order valence-electron chi connectivity index (χ4n) is 1.85. The van der Waals surface area contributed by atoms with Crippen molar-refractivity contribution in [3.8, 4) is 0 Å². The van der Waals surface area contributed by atoms with Crippen molar-refractivity contribution in [3.63, 3.8) is 0 Å². The van der Waals surface area contributed by atoms with Gasteiger partial charge in [-0.2, -0.15) is 0 Å². The lowest BCUT2D eigenvalue weighted by Crippen LogP contribution is -2.39. The van der Waals surface area contributed by atoms with Gasteiger partial charge >= 0.3 is 0 Å². The minimum atomic E-state index is -0.389. The summed E-state index contributed by atoms with van der Waals surface area (Å²) < 4.78 is 0. The van der Waals surface area contributed by atoms with Gasteiger partial charge in [0.25, 0.3) is 5.69 Å². The molecule has 0 spiro atoms. The van der Waals surface area contributed by atoms with E-state index in [0.29, 0.717) is 12.6 Å². The van der Waals surface area contributed by atoms with E-state index in [1.54, 1.807) is 12.1 Å². The highest BCUT2D eigenvalue weighted by Crippen LogP contribution is 2.18. The summed E-state index contributed by atoms with van der Waals surface area (Å²) in [7, 11) is 0. The predicted molar refractivity (Wildman–Crippen MR) is 83.3 cm³/mol. The molecule has 0 amide bonds. The van der Waals surface area contributed by atoms with Crippen LogP contribution in [0.1, 0.15) is 38.2 Å². The van der Waals surface area contributed by atoms with Crippen LogP contribution in [0.2, 0.25) is 0 Å². The molecule has 0 heterocycles. The molecule has 114 valence electrons. The normalized spacial score (nSPS) is 14.8. The number of nitrogens with zero attached hydrogens (tertiary/aromatic N) is 2. The lowest BCUT2D eigenvalue weighted by atomic mass is 10.2. The number of rotatable bonds is 7. The van der Waals surface area contributed by atoms with Gasteiger partial charge in [0, 0.05) is 24.7 Å². The van der Waals surface area contributed by atoms with Crippen LogP contribution in [0, 0.1) is 10.1 Å². The van der Waals surface area contributed by atoms with Gasteiger partial charge in [0.2, 0.25) is 0 Å². The second kappa shape index (κ2) is 7.61. The molecule has 1 aliphatic carbocycles. The van der Waals surface area contributed by atoms with Crippen LogP contribution in [0.4, 0.5) is 5.69 Å². The van der Waals surface area contributed by atoms with Crippen molar-refractivity contribution >= 4 is 11.6 Å². The molecule has 1 saturated carbocycles. The third kappa shape index (κ3) is 5.41. The van der Waals surface area contributed by atoms with E-state index >= 15 is 0 Å². The maximum Gasteiger partial charge on any atom is 0.269 e. The van der Waals surface area contributed by atoms with Gasteiger partial charge in [-0.25, -0.2) is 4.99 Å². The number of nitro benzene ring substituents is 1. The Hall–Kier alpha value is -2.11. The second-order valence-corrected chi connectivity index (χ2v) is 5.29. The largest absolute Gasteiger partial charge is 0.356 e. The zero-order valence-corrected chi connectivity index (χ0v) is 12.3. The molecule has 0 saturated heterocycles. The maximum absolute atomic E-state index is 10.6. The Morgan fingerprint density at radius 3 is 2.67 bits per heavy atom. The third-order valence-electron chi connectivity index (χ3n) is 3.31. The van der Waals surface area contributed by atoms with E-state index in [9.17, 15) is 10.1 Å². The number of nitrogens with one attached hydrogen (secondary N) is 2. The smallest absolute Gasteiger partial charge is 0.269 e. The van der Waals surface area contributed by atoms with E-state index < -0.39 is 0 Å². The average Bonchev–Trinajstić information content (AvgIpc) is 3.29. The Bertz CT molecular complexity index is 495. The molecule has 2 rings (SSSR count). The van der Waals surface area contributed by atoms with Gasteiger partial charge in [-0.05, 0) is 24.8 Å². The molecule has 0 aliphatic heterocycles. The van der Waals surface area contributed by atoms with Crippen LogP contribution < -0.4 is 10.6 Å². The summed E-state index contributed by atoms with van der Waals surface area (Å²) in [6, 6.07) is 7.09. The lowest BCUT2D eigenvalue weighted by Gasteiger charge is -2.11. The summed E-state index contributed by atoms with van der Waals surface area (Å²) in [5.41, 5.74) is 1.08. The van der Waals surface area contributed by atoms with E-state index in [0.717, 1.165) is 30.9 Å². The van der Waals surface area contributed by atoms with Crippen molar-refractivity contribution in [1.82, 2.24) is 10.6 Å². The van der Waals surface area contributed by atoms with Gasteiger partial charge in [0.1, 0.15) is 0 Å². The molecule has 1 aliphatic rings. The predicted octanol–water partition coefficient (Wildman–Crippen LogP) is 2.59. The quantitative estimate of drug-likeness (QED) is 0.266. The summed E-state index contributed by atoms with van der Waals surface area (Å²) in [6.07, 6.45) is 4.66. The van der Waals surface area contributed by atoms with Crippen LogP contribution in [-0.2, 0) is 6.54 Å². The monoisotopic (exact) mass is 290 g/mol. The summed E-state index contributed by atoms with van der Waals surface area (Å²) >= 11 is 0. The molecule has 0 radical (unpaired) electrons. The van der Waals surface area contributed by atoms with Gasteiger partial charge in [-0.15, -0.1) is 0 Å². The number of non-ortho nitro benzene ring substituents is 1. The van der Waals surface area contributed by atoms with E-state index in [1.807, 2.05) is 0 Å². The van der Waals surface area contributed by atoms with Crippen molar-refractivity contribution in [2.24, 2.45) is 4.99 Å². The Balaban J connectivity index is 1.91. The minimum absolute atomic E-state index is 0.111. The maximum atomic E-state index is 10.6. The highest BCUT2D eigenvalue weighted by atomic mass is 16.6. The van der Waals surface area contributed by atoms with Crippen molar-refractivity contribution in [3.05, 3.63) is 39.9 Å².